The quantitative estimate of drug-likeness (QED) is 0.891. The van der Waals surface area contributed by atoms with E-state index >= 15 is 0 Å². The number of aryl methyl sites for hydroxylation is 2. The van der Waals surface area contributed by atoms with E-state index in [0.717, 1.165) is 17.7 Å². The fourth-order valence-electron chi connectivity index (χ4n) is 1.89. The molecule has 2 heteroatoms. The van der Waals surface area contributed by atoms with E-state index in [0.29, 0.717) is 6.42 Å². The van der Waals surface area contributed by atoms with E-state index in [2.05, 4.69) is 18.0 Å². The fraction of sp³-hybridized carbons (Fsp3) is 0.312. The molecule has 0 aliphatic rings. The maximum atomic E-state index is 10.2. The molecule has 0 spiro atoms. The Bertz CT molecular complexity index is 488. The molecule has 94 valence electrons. The van der Waals surface area contributed by atoms with Crippen molar-refractivity contribution in [1.82, 2.24) is 4.98 Å². The van der Waals surface area contributed by atoms with Crippen LogP contribution >= 0.6 is 0 Å². The molecule has 2 nitrogen and oxygen atoms in total. The molecule has 0 fully saturated rings. The third kappa shape index (κ3) is 3.17. The van der Waals surface area contributed by atoms with Crippen LogP contribution in [0.15, 0.2) is 42.6 Å². The largest absolute Gasteiger partial charge is 0.388 e. The Morgan fingerprint density at radius 3 is 2.39 bits per heavy atom. The number of benzene rings is 1. The van der Waals surface area contributed by atoms with Crippen molar-refractivity contribution < 1.29 is 5.11 Å². The summed E-state index contributed by atoms with van der Waals surface area (Å²) >= 11 is 0. The zero-order valence-electron chi connectivity index (χ0n) is 10.9. The molecule has 0 aliphatic heterocycles. The van der Waals surface area contributed by atoms with Gasteiger partial charge in [0.15, 0.2) is 0 Å². The van der Waals surface area contributed by atoms with E-state index in [-0.39, 0.29) is 0 Å². The summed E-state index contributed by atoms with van der Waals surface area (Å²) in [4.78, 5) is 4.37. The van der Waals surface area contributed by atoms with Crippen molar-refractivity contribution in [3.8, 4) is 0 Å². The molecule has 1 aromatic carbocycles. The highest BCUT2D eigenvalue weighted by Gasteiger charge is 2.09. The van der Waals surface area contributed by atoms with Gasteiger partial charge in [0.1, 0.15) is 0 Å². The van der Waals surface area contributed by atoms with E-state index in [4.69, 9.17) is 0 Å². The molecule has 0 saturated carbocycles. The first-order chi connectivity index (χ1) is 8.69. The summed E-state index contributed by atoms with van der Waals surface area (Å²) in [5.74, 6) is 0. The van der Waals surface area contributed by atoms with Gasteiger partial charge < -0.3 is 5.11 Å². The van der Waals surface area contributed by atoms with Gasteiger partial charge in [0.05, 0.1) is 6.10 Å². The first-order valence-electron chi connectivity index (χ1n) is 6.37. The van der Waals surface area contributed by atoms with Crippen molar-refractivity contribution in [2.24, 2.45) is 0 Å². The van der Waals surface area contributed by atoms with Crippen molar-refractivity contribution in [3.05, 3.63) is 65.0 Å². The first-order valence-corrected chi connectivity index (χ1v) is 6.37. The molecule has 0 bridgehead atoms. The van der Waals surface area contributed by atoms with Crippen molar-refractivity contribution >= 4 is 0 Å². The minimum Gasteiger partial charge on any atom is -0.388 e. The summed E-state index contributed by atoms with van der Waals surface area (Å²) in [6.45, 7) is 4.15. The van der Waals surface area contributed by atoms with Gasteiger partial charge in [-0.3, -0.25) is 4.98 Å². The highest BCUT2D eigenvalue weighted by molar-refractivity contribution is 5.24. The van der Waals surface area contributed by atoms with E-state index in [1.807, 2.05) is 43.5 Å². The minimum atomic E-state index is -0.481. The second kappa shape index (κ2) is 5.78. The molecule has 1 N–H and O–H groups in total. The molecule has 0 amide bonds. The van der Waals surface area contributed by atoms with E-state index in [1.165, 1.54) is 11.1 Å². The molecule has 0 saturated heterocycles. The molecule has 1 aromatic heterocycles. The lowest BCUT2D eigenvalue weighted by Crippen LogP contribution is -2.03. The Balaban J connectivity index is 2.05. The first kappa shape index (κ1) is 12.8. The fourth-order valence-corrected chi connectivity index (χ4v) is 1.89. The number of nitrogens with zero attached hydrogens (tertiary/aromatic N) is 1. The summed E-state index contributed by atoms with van der Waals surface area (Å²) in [6.07, 6.45) is 2.96. The van der Waals surface area contributed by atoms with Gasteiger partial charge in [-0.25, -0.2) is 0 Å². The van der Waals surface area contributed by atoms with Crippen LogP contribution in [0, 0.1) is 6.92 Å². The molecule has 1 unspecified atom stereocenters. The molecule has 2 aromatic rings. The number of aromatic nitrogens is 1. The van der Waals surface area contributed by atoms with Crippen LogP contribution in [0.2, 0.25) is 0 Å². The predicted molar refractivity (Wildman–Crippen MR) is 73.5 cm³/mol. The lowest BCUT2D eigenvalue weighted by molar-refractivity contribution is 0.177. The number of aliphatic hydroxyl groups excluding tert-OH is 1. The van der Waals surface area contributed by atoms with Gasteiger partial charge in [-0.15, -0.1) is 0 Å². The molecule has 1 heterocycles. The van der Waals surface area contributed by atoms with Crippen LogP contribution in [0.1, 0.15) is 35.4 Å². The number of pyridine rings is 1. The lowest BCUT2D eigenvalue weighted by atomic mass is 10.0. The van der Waals surface area contributed by atoms with Crippen molar-refractivity contribution in [2.75, 3.05) is 0 Å². The summed E-state index contributed by atoms with van der Waals surface area (Å²) in [7, 11) is 0. The minimum absolute atomic E-state index is 0.481. The average Bonchev–Trinajstić information content (AvgIpc) is 2.40. The second-order valence-corrected chi connectivity index (χ2v) is 4.64. The van der Waals surface area contributed by atoms with E-state index in [1.54, 1.807) is 0 Å². The van der Waals surface area contributed by atoms with E-state index < -0.39 is 6.10 Å². The van der Waals surface area contributed by atoms with Crippen LogP contribution in [0.25, 0.3) is 0 Å². The molecule has 0 radical (unpaired) electrons. The average molecular weight is 241 g/mol. The number of rotatable bonds is 4. The molecule has 2 rings (SSSR count). The van der Waals surface area contributed by atoms with Gasteiger partial charge >= 0.3 is 0 Å². The number of aliphatic hydroxyl groups is 1. The maximum Gasteiger partial charge on any atom is 0.0845 e. The SMILES string of the molecule is CCc1ccc(CC(O)c2ccc(C)cc2)nc1. The maximum absolute atomic E-state index is 10.2. The number of hydrogen-bond donors (Lipinski definition) is 1. The van der Waals surface area contributed by atoms with Gasteiger partial charge in [-0.2, -0.15) is 0 Å². The smallest absolute Gasteiger partial charge is 0.0845 e. The zero-order chi connectivity index (χ0) is 13.0. The lowest BCUT2D eigenvalue weighted by Gasteiger charge is -2.11. The Kier molecular flexibility index (Phi) is 4.11. The highest BCUT2D eigenvalue weighted by atomic mass is 16.3. The van der Waals surface area contributed by atoms with Crippen molar-refractivity contribution in [1.29, 1.82) is 0 Å². The summed E-state index contributed by atoms with van der Waals surface area (Å²) in [6, 6.07) is 12.1. The monoisotopic (exact) mass is 241 g/mol. The molecular weight excluding hydrogens is 222 g/mol. The molecule has 1 atom stereocenters. The van der Waals surface area contributed by atoms with Gasteiger partial charge in [0.25, 0.3) is 0 Å². The normalized spacial score (nSPS) is 12.4. The Hall–Kier alpha value is -1.67. The summed E-state index contributed by atoms with van der Waals surface area (Å²) in [5.41, 5.74) is 4.31. The highest BCUT2D eigenvalue weighted by Crippen LogP contribution is 2.18. The van der Waals surface area contributed by atoms with Crippen LogP contribution in [0.4, 0.5) is 0 Å². The Morgan fingerprint density at radius 1 is 1.11 bits per heavy atom. The second-order valence-electron chi connectivity index (χ2n) is 4.64. The standard InChI is InChI=1S/C16H19NO/c1-3-13-6-9-15(17-11-13)10-16(18)14-7-4-12(2)5-8-14/h4-9,11,16,18H,3,10H2,1-2H3. The van der Waals surface area contributed by atoms with Crippen LogP contribution in [-0.4, -0.2) is 10.1 Å². The predicted octanol–water partition coefficient (Wildman–Crippen LogP) is 3.23. The third-order valence-corrected chi connectivity index (χ3v) is 3.16. The van der Waals surface area contributed by atoms with Crippen molar-refractivity contribution in [2.45, 2.75) is 32.8 Å². The van der Waals surface area contributed by atoms with E-state index in [9.17, 15) is 5.11 Å². The van der Waals surface area contributed by atoms with Crippen molar-refractivity contribution in [3.63, 3.8) is 0 Å². The summed E-state index contributed by atoms with van der Waals surface area (Å²) < 4.78 is 0. The van der Waals surface area contributed by atoms with Crippen LogP contribution in [0.3, 0.4) is 0 Å². The Morgan fingerprint density at radius 2 is 1.83 bits per heavy atom. The topological polar surface area (TPSA) is 33.1 Å². The van der Waals surface area contributed by atoms with Gasteiger partial charge in [0, 0.05) is 18.3 Å². The molecule has 0 aliphatic carbocycles. The Labute approximate surface area is 108 Å². The van der Waals surface area contributed by atoms with Crippen LogP contribution in [-0.2, 0) is 12.8 Å². The zero-order valence-corrected chi connectivity index (χ0v) is 10.9. The summed E-state index contributed by atoms with van der Waals surface area (Å²) in [5, 5.41) is 10.2. The number of hydrogen-bond acceptors (Lipinski definition) is 2. The van der Waals surface area contributed by atoms with Gasteiger partial charge in [-0.1, -0.05) is 42.8 Å². The third-order valence-electron chi connectivity index (χ3n) is 3.16. The van der Waals surface area contributed by atoms with Crippen LogP contribution in [0.5, 0.6) is 0 Å². The van der Waals surface area contributed by atoms with Crippen LogP contribution < -0.4 is 0 Å². The van der Waals surface area contributed by atoms with Gasteiger partial charge in [-0.05, 0) is 30.5 Å². The van der Waals surface area contributed by atoms with Gasteiger partial charge in [0.2, 0.25) is 0 Å². The molecule has 18 heavy (non-hydrogen) atoms. The molecular formula is C16H19NO.